The molecular weight excluding hydrogens is 310 g/mol. The second-order valence-electron chi connectivity index (χ2n) is 5.68. The van der Waals surface area contributed by atoms with Crippen molar-refractivity contribution in [2.24, 2.45) is 0 Å². The molecule has 1 fully saturated rings. The van der Waals surface area contributed by atoms with E-state index in [1.165, 1.54) is 6.07 Å². The number of hydrogen-bond donors (Lipinski definition) is 3. The molecule has 4 N–H and O–H groups in total. The van der Waals surface area contributed by atoms with Crippen molar-refractivity contribution >= 4 is 11.9 Å². The molecule has 8 nitrogen and oxygen atoms in total. The molecule has 0 aromatic carbocycles. The predicted molar refractivity (Wildman–Crippen MR) is 87.9 cm³/mol. The maximum absolute atomic E-state index is 12.4. The number of nitrogens with zero attached hydrogens (tertiary/aromatic N) is 2. The SMILES string of the molecule is CCOc1ncccc1C(=O)NC1CC(c2cc(=O)[nH]c(N)n2)C1. The van der Waals surface area contributed by atoms with E-state index in [1.54, 1.807) is 18.3 Å². The molecular formula is C16H19N5O3. The highest BCUT2D eigenvalue weighted by Gasteiger charge is 2.33. The summed E-state index contributed by atoms with van der Waals surface area (Å²) in [5, 5.41) is 2.96. The highest BCUT2D eigenvalue weighted by Crippen LogP contribution is 2.35. The average molecular weight is 329 g/mol. The third-order valence-corrected chi connectivity index (χ3v) is 3.97. The first-order valence-corrected chi connectivity index (χ1v) is 7.82. The number of ether oxygens (including phenoxy) is 1. The zero-order chi connectivity index (χ0) is 17.1. The third kappa shape index (κ3) is 3.37. The van der Waals surface area contributed by atoms with E-state index in [9.17, 15) is 9.59 Å². The minimum absolute atomic E-state index is 0.0273. The summed E-state index contributed by atoms with van der Waals surface area (Å²) in [7, 11) is 0. The van der Waals surface area contributed by atoms with Crippen molar-refractivity contribution in [3.8, 4) is 5.88 Å². The first-order chi connectivity index (χ1) is 11.6. The lowest BCUT2D eigenvalue weighted by Crippen LogP contribution is -2.44. The van der Waals surface area contributed by atoms with Crippen LogP contribution in [0.2, 0.25) is 0 Å². The lowest BCUT2D eigenvalue weighted by atomic mass is 9.78. The molecule has 2 aromatic rings. The second-order valence-corrected chi connectivity index (χ2v) is 5.68. The number of aromatic amines is 1. The molecule has 24 heavy (non-hydrogen) atoms. The number of carbonyl (C=O) groups is 1. The van der Waals surface area contributed by atoms with Crippen molar-refractivity contribution in [3.63, 3.8) is 0 Å². The van der Waals surface area contributed by atoms with Crippen molar-refractivity contribution in [2.45, 2.75) is 31.7 Å². The molecule has 1 saturated carbocycles. The van der Waals surface area contributed by atoms with Crippen LogP contribution in [-0.2, 0) is 0 Å². The second kappa shape index (κ2) is 6.69. The summed E-state index contributed by atoms with van der Waals surface area (Å²) in [5.41, 5.74) is 6.38. The third-order valence-electron chi connectivity index (χ3n) is 3.97. The van der Waals surface area contributed by atoms with Gasteiger partial charge in [-0.15, -0.1) is 0 Å². The predicted octanol–water partition coefficient (Wildman–Crippen LogP) is 0.822. The van der Waals surface area contributed by atoms with Crippen LogP contribution in [0.15, 0.2) is 29.2 Å². The number of hydrogen-bond acceptors (Lipinski definition) is 6. The van der Waals surface area contributed by atoms with Crippen molar-refractivity contribution in [1.29, 1.82) is 0 Å². The minimum Gasteiger partial charge on any atom is -0.477 e. The van der Waals surface area contributed by atoms with Crippen molar-refractivity contribution in [1.82, 2.24) is 20.3 Å². The standard InChI is InChI=1S/C16H19N5O3/c1-2-24-15-11(4-3-5-18-15)14(23)19-10-6-9(7-10)12-8-13(22)21-16(17)20-12/h3-5,8-10H,2,6-7H2,1H3,(H,19,23)(H3,17,20,21,22). The van der Waals surface area contributed by atoms with E-state index < -0.39 is 0 Å². The largest absolute Gasteiger partial charge is 0.477 e. The molecule has 1 aliphatic carbocycles. The number of H-pyrrole nitrogens is 1. The molecule has 3 rings (SSSR count). The van der Waals surface area contributed by atoms with Crippen LogP contribution in [0.1, 0.15) is 41.7 Å². The van der Waals surface area contributed by atoms with Gasteiger partial charge in [-0.3, -0.25) is 14.6 Å². The number of aromatic nitrogens is 3. The Kier molecular flexibility index (Phi) is 4.45. The number of pyridine rings is 1. The van der Waals surface area contributed by atoms with Crippen LogP contribution in [0.25, 0.3) is 0 Å². The maximum Gasteiger partial charge on any atom is 0.256 e. The van der Waals surface area contributed by atoms with Gasteiger partial charge in [-0.2, -0.15) is 0 Å². The summed E-state index contributed by atoms with van der Waals surface area (Å²) in [6, 6.07) is 4.86. The summed E-state index contributed by atoms with van der Waals surface area (Å²) in [5.74, 6) is 0.354. The number of nitrogen functional groups attached to an aromatic ring is 1. The molecule has 0 spiro atoms. The van der Waals surface area contributed by atoms with Crippen LogP contribution in [0.3, 0.4) is 0 Å². The molecule has 0 aliphatic heterocycles. The summed E-state index contributed by atoms with van der Waals surface area (Å²) in [4.78, 5) is 34.4. The maximum atomic E-state index is 12.4. The monoisotopic (exact) mass is 329 g/mol. The fourth-order valence-corrected chi connectivity index (χ4v) is 2.76. The first kappa shape index (κ1) is 16.0. The smallest absolute Gasteiger partial charge is 0.256 e. The van der Waals surface area contributed by atoms with E-state index in [2.05, 4.69) is 20.3 Å². The number of amides is 1. The Morgan fingerprint density at radius 3 is 3.00 bits per heavy atom. The average Bonchev–Trinajstić information content (AvgIpc) is 2.50. The topological polar surface area (TPSA) is 123 Å². The quantitative estimate of drug-likeness (QED) is 0.746. The highest BCUT2D eigenvalue weighted by molar-refractivity contribution is 5.96. The van der Waals surface area contributed by atoms with Gasteiger partial charge < -0.3 is 15.8 Å². The molecule has 0 unspecified atom stereocenters. The van der Waals surface area contributed by atoms with Gasteiger partial charge in [0.15, 0.2) is 0 Å². The van der Waals surface area contributed by atoms with Gasteiger partial charge in [0.1, 0.15) is 5.56 Å². The summed E-state index contributed by atoms with van der Waals surface area (Å²) >= 11 is 0. The molecule has 1 amide bonds. The van der Waals surface area contributed by atoms with Gasteiger partial charge in [-0.25, -0.2) is 9.97 Å². The molecule has 0 atom stereocenters. The summed E-state index contributed by atoms with van der Waals surface area (Å²) in [6.07, 6.45) is 3.02. The Morgan fingerprint density at radius 2 is 2.29 bits per heavy atom. The van der Waals surface area contributed by atoms with Crippen LogP contribution >= 0.6 is 0 Å². The minimum atomic E-state index is -0.262. The van der Waals surface area contributed by atoms with Crippen molar-refractivity contribution < 1.29 is 9.53 Å². The summed E-state index contributed by atoms with van der Waals surface area (Å²) < 4.78 is 5.37. The molecule has 126 valence electrons. The van der Waals surface area contributed by atoms with Crippen LogP contribution in [-0.4, -0.2) is 33.5 Å². The number of nitrogens with two attached hydrogens (primary N) is 1. The zero-order valence-electron chi connectivity index (χ0n) is 13.3. The van der Waals surface area contributed by atoms with E-state index in [0.29, 0.717) is 36.6 Å². The molecule has 8 heteroatoms. The van der Waals surface area contributed by atoms with Crippen LogP contribution in [0, 0.1) is 0 Å². The number of rotatable bonds is 5. The number of nitrogens with one attached hydrogen (secondary N) is 2. The van der Waals surface area contributed by atoms with Gasteiger partial charge in [0.05, 0.1) is 12.3 Å². The van der Waals surface area contributed by atoms with E-state index in [0.717, 1.165) is 0 Å². The van der Waals surface area contributed by atoms with Crippen molar-refractivity contribution in [3.05, 3.63) is 46.0 Å². The van der Waals surface area contributed by atoms with E-state index in [1.807, 2.05) is 6.92 Å². The van der Waals surface area contributed by atoms with Gasteiger partial charge in [0.25, 0.3) is 11.5 Å². The molecule has 1 aliphatic rings. The molecule has 0 radical (unpaired) electrons. The van der Waals surface area contributed by atoms with Crippen LogP contribution < -0.4 is 21.3 Å². The fourth-order valence-electron chi connectivity index (χ4n) is 2.76. The Labute approximate surface area is 138 Å². The van der Waals surface area contributed by atoms with E-state index in [4.69, 9.17) is 10.5 Å². The molecule has 2 aromatic heterocycles. The fraction of sp³-hybridized carbons (Fsp3) is 0.375. The molecule has 0 bridgehead atoms. The molecule has 0 saturated heterocycles. The molecule has 2 heterocycles. The first-order valence-electron chi connectivity index (χ1n) is 7.82. The summed E-state index contributed by atoms with van der Waals surface area (Å²) in [6.45, 7) is 2.28. The lowest BCUT2D eigenvalue weighted by molar-refractivity contribution is 0.0903. The van der Waals surface area contributed by atoms with Crippen molar-refractivity contribution in [2.75, 3.05) is 12.3 Å². The van der Waals surface area contributed by atoms with Gasteiger partial charge in [-0.1, -0.05) is 0 Å². The number of carbonyl (C=O) groups excluding carboxylic acids is 1. The van der Waals surface area contributed by atoms with Gasteiger partial charge in [0, 0.05) is 24.2 Å². The Hall–Kier alpha value is -2.90. The normalized spacial score (nSPS) is 19.4. The highest BCUT2D eigenvalue weighted by atomic mass is 16.5. The zero-order valence-corrected chi connectivity index (χ0v) is 13.3. The van der Waals surface area contributed by atoms with Gasteiger partial charge >= 0.3 is 0 Å². The van der Waals surface area contributed by atoms with E-state index in [-0.39, 0.29) is 29.4 Å². The lowest BCUT2D eigenvalue weighted by Gasteiger charge is -2.35. The van der Waals surface area contributed by atoms with E-state index >= 15 is 0 Å². The van der Waals surface area contributed by atoms with Gasteiger partial charge in [0.2, 0.25) is 11.8 Å². The van der Waals surface area contributed by atoms with Crippen LogP contribution in [0.5, 0.6) is 5.88 Å². The number of anilines is 1. The van der Waals surface area contributed by atoms with Crippen LogP contribution in [0.4, 0.5) is 5.95 Å². The Morgan fingerprint density at radius 1 is 1.50 bits per heavy atom. The Bertz CT molecular complexity index is 798. The van der Waals surface area contributed by atoms with Gasteiger partial charge in [-0.05, 0) is 31.9 Å². The Balaban J connectivity index is 1.61.